The summed E-state index contributed by atoms with van der Waals surface area (Å²) in [7, 11) is 0. The molecular weight excluding hydrogens is 278 g/mol. The van der Waals surface area contributed by atoms with Crippen LogP contribution in [0.3, 0.4) is 0 Å². The van der Waals surface area contributed by atoms with Gasteiger partial charge >= 0.3 is 0 Å². The van der Waals surface area contributed by atoms with Crippen LogP contribution in [0.5, 0.6) is 11.5 Å². The van der Waals surface area contributed by atoms with Gasteiger partial charge in [-0.1, -0.05) is 12.1 Å². The molecule has 0 spiro atoms. The highest BCUT2D eigenvalue weighted by atomic mass is 32.2. The number of thioether (sulfide) groups is 1. The fourth-order valence-electron chi connectivity index (χ4n) is 1.90. The van der Waals surface area contributed by atoms with E-state index in [0.717, 1.165) is 22.8 Å². The van der Waals surface area contributed by atoms with Crippen LogP contribution in [0, 0.1) is 0 Å². The average molecular weight is 293 g/mol. The van der Waals surface area contributed by atoms with Crippen molar-refractivity contribution in [3.63, 3.8) is 0 Å². The second-order valence-corrected chi connectivity index (χ2v) is 6.52. The molecule has 0 saturated carbocycles. The summed E-state index contributed by atoms with van der Waals surface area (Å²) in [6.07, 6.45) is 0. The number of thiophene rings is 1. The Morgan fingerprint density at radius 3 is 2.84 bits per heavy atom. The molecule has 0 fully saturated rings. The molecule has 0 radical (unpaired) electrons. The standard InChI is InChI=1S/C14H15NO2S2/c15-11(9-19-14-2-1-7-18-14)10-3-4-12-13(8-10)17-6-5-16-12/h1-4,7-8,11H,5-6,9,15H2. The van der Waals surface area contributed by atoms with Gasteiger partial charge in [-0.2, -0.15) is 0 Å². The van der Waals surface area contributed by atoms with E-state index in [2.05, 4.69) is 17.5 Å². The van der Waals surface area contributed by atoms with Crippen molar-refractivity contribution in [2.45, 2.75) is 10.3 Å². The van der Waals surface area contributed by atoms with E-state index >= 15 is 0 Å². The fraction of sp³-hybridized carbons (Fsp3) is 0.286. The van der Waals surface area contributed by atoms with Crippen molar-refractivity contribution in [2.24, 2.45) is 5.73 Å². The SMILES string of the molecule is NC(CSc1cccs1)c1ccc2c(c1)OCCO2. The van der Waals surface area contributed by atoms with Gasteiger partial charge in [-0.25, -0.2) is 0 Å². The summed E-state index contributed by atoms with van der Waals surface area (Å²) in [6.45, 7) is 1.22. The van der Waals surface area contributed by atoms with Crippen molar-refractivity contribution < 1.29 is 9.47 Å². The molecule has 2 heterocycles. The van der Waals surface area contributed by atoms with E-state index in [-0.39, 0.29) is 6.04 Å². The first-order chi connectivity index (χ1) is 9.33. The molecule has 3 nitrogen and oxygen atoms in total. The number of rotatable bonds is 4. The minimum Gasteiger partial charge on any atom is -0.486 e. The van der Waals surface area contributed by atoms with E-state index in [1.54, 1.807) is 23.1 Å². The lowest BCUT2D eigenvalue weighted by Crippen LogP contribution is -2.17. The number of nitrogens with two attached hydrogens (primary N) is 1. The van der Waals surface area contributed by atoms with Gasteiger partial charge in [0.1, 0.15) is 13.2 Å². The van der Waals surface area contributed by atoms with Gasteiger partial charge < -0.3 is 15.2 Å². The number of hydrogen-bond acceptors (Lipinski definition) is 5. The van der Waals surface area contributed by atoms with Gasteiger partial charge in [0.2, 0.25) is 0 Å². The zero-order chi connectivity index (χ0) is 13.1. The maximum absolute atomic E-state index is 6.23. The van der Waals surface area contributed by atoms with Gasteiger partial charge in [0.15, 0.2) is 11.5 Å². The maximum Gasteiger partial charge on any atom is 0.161 e. The van der Waals surface area contributed by atoms with Crippen molar-refractivity contribution in [1.82, 2.24) is 0 Å². The Bertz CT molecular complexity index is 542. The molecule has 1 unspecified atom stereocenters. The fourth-order valence-corrected chi connectivity index (χ4v) is 3.71. The Morgan fingerprint density at radius 2 is 2.05 bits per heavy atom. The van der Waals surface area contributed by atoms with Crippen molar-refractivity contribution in [1.29, 1.82) is 0 Å². The third kappa shape index (κ3) is 3.05. The van der Waals surface area contributed by atoms with Crippen LogP contribution in [-0.4, -0.2) is 19.0 Å². The first-order valence-electron chi connectivity index (χ1n) is 6.14. The molecule has 1 aromatic heterocycles. The summed E-state index contributed by atoms with van der Waals surface area (Å²) in [5.41, 5.74) is 7.32. The van der Waals surface area contributed by atoms with Gasteiger partial charge in [-0.05, 0) is 29.1 Å². The lowest BCUT2D eigenvalue weighted by molar-refractivity contribution is 0.171. The molecule has 1 aliphatic heterocycles. The largest absolute Gasteiger partial charge is 0.486 e. The van der Waals surface area contributed by atoms with Crippen molar-refractivity contribution in [3.8, 4) is 11.5 Å². The Balaban J connectivity index is 1.67. The maximum atomic E-state index is 6.23. The summed E-state index contributed by atoms with van der Waals surface area (Å²) in [5.74, 6) is 2.48. The van der Waals surface area contributed by atoms with E-state index < -0.39 is 0 Å². The Kier molecular flexibility index (Phi) is 3.96. The highest BCUT2D eigenvalue weighted by molar-refractivity contribution is 8.01. The van der Waals surface area contributed by atoms with Crippen LogP contribution in [0.4, 0.5) is 0 Å². The molecular formula is C14H15NO2S2. The molecule has 0 aliphatic carbocycles. The highest BCUT2D eigenvalue weighted by Crippen LogP contribution is 2.34. The summed E-state index contributed by atoms with van der Waals surface area (Å²) < 4.78 is 12.4. The van der Waals surface area contributed by atoms with Gasteiger partial charge in [0.05, 0.1) is 4.21 Å². The highest BCUT2D eigenvalue weighted by Gasteiger charge is 2.15. The third-order valence-electron chi connectivity index (χ3n) is 2.89. The Hall–Kier alpha value is -1.17. The molecule has 2 aromatic rings. The molecule has 19 heavy (non-hydrogen) atoms. The van der Waals surface area contributed by atoms with Crippen molar-refractivity contribution >= 4 is 23.1 Å². The number of benzene rings is 1. The summed E-state index contributed by atoms with van der Waals surface area (Å²) in [5, 5.41) is 2.08. The Labute approximate surface area is 120 Å². The van der Waals surface area contributed by atoms with Crippen LogP contribution in [0.25, 0.3) is 0 Å². The molecule has 3 rings (SSSR count). The number of ether oxygens (including phenoxy) is 2. The molecule has 1 atom stereocenters. The van der Waals surface area contributed by atoms with Crippen LogP contribution in [0.15, 0.2) is 39.9 Å². The molecule has 100 valence electrons. The number of fused-ring (bicyclic) bond motifs is 1. The summed E-state index contributed by atoms with van der Waals surface area (Å²) in [4.78, 5) is 0. The summed E-state index contributed by atoms with van der Waals surface area (Å²) in [6, 6.07) is 10.1. The quantitative estimate of drug-likeness (QED) is 0.878. The third-order valence-corrected chi connectivity index (χ3v) is 5.14. The lowest BCUT2D eigenvalue weighted by Gasteiger charge is -2.20. The molecule has 0 amide bonds. The average Bonchev–Trinajstić information content (AvgIpc) is 2.97. The molecule has 0 saturated heterocycles. The second-order valence-electron chi connectivity index (χ2n) is 4.25. The molecule has 0 bridgehead atoms. The monoisotopic (exact) mass is 293 g/mol. The van der Waals surface area contributed by atoms with Gasteiger partial charge in [-0.15, -0.1) is 23.1 Å². The van der Waals surface area contributed by atoms with Crippen LogP contribution in [0.1, 0.15) is 11.6 Å². The van der Waals surface area contributed by atoms with Crippen LogP contribution in [-0.2, 0) is 0 Å². The normalized spacial score (nSPS) is 15.2. The zero-order valence-corrected chi connectivity index (χ0v) is 12.0. The number of hydrogen-bond donors (Lipinski definition) is 1. The van der Waals surface area contributed by atoms with Gasteiger partial charge in [-0.3, -0.25) is 0 Å². The van der Waals surface area contributed by atoms with E-state index in [1.807, 2.05) is 18.2 Å². The molecule has 1 aliphatic rings. The van der Waals surface area contributed by atoms with Crippen LogP contribution in [0.2, 0.25) is 0 Å². The van der Waals surface area contributed by atoms with E-state index in [0.29, 0.717) is 13.2 Å². The van der Waals surface area contributed by atoms with Crippen molar-refractivity contribution in [3.05, 3.63) is 41.3 Å². The Morgan fingerprint density at radius 1 is 1.21 bits per heavy atom. The van der Waals surface area contributed by atoms with E-state index in [9.17, 15) is 0 Å². The predicted molar refractivity (Wildman–Crippen MR) is 79.4 cm³/mol. The first-order valence-corrected chi connectivity index (χ1v) is 8.01. The van der Waals surface area contributed by atoms with Crippen LogP contribution < -0.4 is 15.2 Å². The topological polar surface area (TPSA) is 44.5 Å². The predicted octanol–water partition coefficient (Wildman–Crippen LogP) is 3.31. The second kappa shape index (κ2) is 5.86. The van der Waals surface area contributed by atoms with Crippen molar-refractivity contribution in [2.75, 3.05) is 19.0 Å². The minimum absolute atomic E-state index is 0.00271. The smallest absolute Gasteiger partial charge is 0.161 e. The van der Waals surface area contributed by atoms with Gasteiger partial charge in [0, 0.05) is 11.8 Å². The van der Waals surface area contributed by atoms with Crippen LogP contribution >= 0.6 is 23.1 Å². The zero-order valence-electron chi connectivity index (χ0n) is 10.4. The molecule has 2 N–H and O–H groups in total. The minimum atomic E-state index is 0.00271. The van der Waals surface area contributed by atoms with Gasteiger partial charge in [0.25, 0.3) is 0 Å². The lowest BCUT2D eigenvalue weighted by atomic mass is 10.1. The van der Waals surface area contributed by atoms with E-state index in [4.69, 9.17) is 15.2 Å². The summed E-state index contributed by atoms with van der Waals surface area (Å²) >= 11 is 3.53. The first kappa shape index (κ1) is 12.8. The van der Waals surface area contributed by atoms with E-state index in [1.165, 1.54) is 4.21 Å². The molecule has 1 aromatic carbocycles. The molecule has 5 heteroatoms.